The molecule has 0 aliphatic heterocycles. The van der Waals surface area contributed by atoms with E-state index in [1.807, 2.05) is 11.3 Å². The van der Waals surface area contributed by atoms with E-state index in [4.69, 9.17) is 0 Å². The van der Waals surface area contributed by atoms with E-state index < -0.39 is 0 Å². The Hall–Kier alpha value is -2.05. The van der Waals surface area contributed by atoms with Gasteiger partial charge in [0.1, 0.15) is 6.54 Å². The van der Waals surface area contributed by atoms with Crippen LogP contribution in [0, 0.1) is 0 Å². The van der Waals surface area contributed by atoms with Crippen LogP contribution in [-0.2, 0) is 6.54 Å². The highest BCUT2D eigenvalue weighted by Crippen LogP contribution is 2.30. The molecular weight excluding hydrogens is 354 g/mol. The SMILES string of the molecule is CC[NH+](Cc1ccccc1)[C@H](c1cccs1)c1nnnn1C1CCCCC1. The summed E-state index contributed by atoms with van der Waals surface area (Å²) in [6.07, 6.45) is 6.28. The molecule has 1 unspecified atom stereocenters. The Morgan fingerprint density at radius 3 is 2.63 bits per heavy atom. The second kappa shape index (κ2) is 8.76. The lowest BCUT2D eigenvalue weighted by Gasteiger charge is -2.29. The Bertz CT molecular complexity index is 808. The quantitative estimate of drug-likeness (QED) is 0.681. The lowest BCUT2D eigenvalue weighted by molar-refractivity contribution is -0.938. The van der Waals surface area contributed by atoms with Crippen molar-refractivity contribution >= 4 is 11.3 Å². The number of hydrogen-bond donors (Lipinski definition) is 1. The van der Waals surface area contributed by atoms with Crippen LogP contribution in [0.25, 0.3) is 0 Å². The van der Waals surface area contributed by atoms with Crippen molar-refractivity contribution in [2.45, 2.75) is 57.7 Å². The van der Waals surface area contributed by atoms with Gasteiger partial charge in [0.2, 0.25) is 5.82 Å². The largest absolute Gasteiger partial charge is 0.318 e. The van der Waals surface area contributed by atoms with Crippen molar-refractivity contribution in [1.29, 1.82) is 0 Å². The summed E-state index contributed by atoms with van der Waals surface area (Å²) < 4.78 is 2.14. The van der Waals surface area contributed by atoms with Gasteiger partial charge in [-0.1, -0.05) is 55.7 Å². The van der Waals surface area contributed by atoms with E-state index in [1.165, 1.54) is 47.4 Å². The first-order chi connectivity index (χ1) is 13.4. The van der Waals surface area contributed by atoms with Gasteiger partial charge in [0.15, 0.2) is 6.04 Å². The fourth-order valence-electron chi connectivity index (χ4n) is 4.23. The predicted octanol–water partition coefficient (Wildman–Crippen LogP) is 3.43. The van der Waals surface area contributed by atoms with Crippen molar-refractivity contribution in [3.63, 3.8) is 0 Å². The zero-order valence-corrected chi connectivity index (χ0v) is 16.7. The summed E-state index contributed by atoms with van der Waals surface area (Å²) >= 11 is 1.81. The molecule has 1 fully saturated rings. The molecule has 1 aromatic carbocycles. The van der Waals surface area contributed by atoms with E-state index >= 15 is 0 Å². The van der Waals surface area contributed by atoms with Crippen LogP contribution in [0.2, 0.25) is 0 Å². The third-order valence-electron chi connectivity index (χ3n) is 5.66. The Balaban J connectivity index is 1.69. The van der Waals surface area contributed by atoms with E-state index in [-0.39, 0.29) is 6.04 Å². The Labute approximate surface area is 165 Å². The highest BCUT2D eigenvalue weighted by Gasteiger charge is 2.33. The Kier molecular flexibility index (Phi) is 5.94. The van der Waals surface area contributed by atoms with Crippen LogP contribution in [0.5, 0.6) is 0 Å². The van der Waals surface area contributed by atoms with Crippen LogP contribution in [0.15, 0.2) is 47.8 Å². The first-order valence-corrected chi connectivity index (χ1v) is 10.9. The van der Waals surface area contributed by atoms with Gasteiger partial charge in [-0.15, -0.1) is 16.4 Å². The Morgan fingerprint density at radius 2 is 1.93 bits per heavy atom. The van der Waals surface area contributed by atoms with Gasteiger partial charge in [0.25, 0.3) is 0 Å². The first-order valence-electron chi connectivity index (χ1n) is 10.1. The van der Waals surface area contributed by atoms with E-state index in [9.17, 15) is 0 Å². The summed E-state index contributed by atoms with van der Waals surface area (Å²) in [4.78, 5) is 2.82. The number of quaternary nitrogens is 1. The number of benzene rings is 1. The van der Waals surface area contributed by atoms with Crippen LogP contribution in [0.1, 0.15) is 67.4 Å². The maximum Gasteiger partial charge on any atom is 0.215 e. The Morgan fingerprint density at radius 1 is 1.11 bits per heavy atom. The monoisotopic (exact) mass is 382 g/mol. The average Bonchev–Trinajstić information content (AvgIpc) is 3.42. The van der Waals surface area contributed by atoms with E-state index in [0.717, 1.165) is 18.9 Å². The van der Waals surface area contributed by atoms with Crippen molar-refractivity contribution in [3.8, 4) is 0 Å². The van der Waals surface area contributed by atoms with Crippen LogP contribution in [0.4, 0.5) is 0 Å². The molecule has 1 N–H and O–H groups in total. The molecule has 4 rings (SSSR count). The third-order valence-corrected chi connectivity index (χ3v) is 6.60. The van der Waals surface area contributed by atoms with Crippen LogP contribution >= 0.6 is 11.3 Å². The molecule has 0 spiro atoms. The van der Waals surface area contributed by atoms with Gasteiger partial charge in [-0.3, -0.25) is 0 Å². The highest BCUT2D eigenvalue weighted by molar-refractivity contribution is 7.10. The number of tetrazole rings is 1. The second-order valence-electron chi connectivity index (χ2n) is 7.40. The number of hydrogen-bond acceptors (Lipinski definition) is 4. The summed E-state index contributed by atoms with van der Waals surface area (Å²) in [5, 5.41) is 15.3. The summed E-state index contributed by atoms with van der Waals surface area (Å²) in [5.74, 6) is 1.03. The van der Waals surface area contributed by atoms with E-state index in [2.05, 4.69) is 75.0 Å². The van der Waals surface area contributed by atoms with E-state index in [0.29, 0.717) is 6.04 Å². The lowest BCUT2D eigenvalue weighted by atomic mass is 9.95. The summed E-state index contributed by atoms with van der Waals surface area (Å²) in [6, 6.07) is 15.7. The number of rotatable bonds is 7. The summed E-state index contributed by atoms with van der Waals surface area (Å²) in [7, 11) is 0. The molecular formula is C21H28N5S+. The minimum absolute atomic E-state index is 0.173. The molecule has 1 saturated carbocycles. The number of nitrogens with one attached hydrogen (secondary N) is 1. The topological polar surface area (TPSA) is 48.0 Å². The van der Waals surface area contributed by atoms with Gasteiger partial charge in [0, 0.05) is 5.56 Å². The van der Waals surface area contributed by atoms with Gasteiger partial charge in [-0.2, -0.15) is 0 Å². The molecule has 0 radical (unpaired) electrons. The molecule has 5 nitrogen and oxygen atoms in total. The van der Waals surface area contributed by atoms with Crippen LogP contribution in [0.3, 0.4) is 0 Å². The molecule has 2 aromatic heterocycles. The maximum absolute atomic E-state index is 4.55. The van der Waals surface area contributed by atoms with Crippen LogP contribution in [-0.4, -0.2) is 26.8 Å². The zero-order chi connectivity index (χ0) is 18.5. The zero-order valence-electron chi connectivity index (χ0n) is 15.9. The van der Waals surface area contributed by atoms with E-state index in [1.54, 1.807) is 0 Å². The van der Waals surface area contributed by atoms with Crippen molar-refractivity contribution in [2.24, 2.45) is 0 Å². The maximum atomic E-state index is 4.55. The number of nitrogens with zero attached hydrogens (tertiary/aromatic N) is 4. The molecule has 0 amide bonds. The van der Waals surface area contributed by atoms with Crippen LogP contribution < -0.4 is 4.90 Å². The molecule has 1 aliphatic rings. The van der Waals surface area contributed by atoms with Gasteiger partial charge < -0.3 is 4.90 Å². The number of aromatic nitrogens is 4. The van der Waals surface area contributed by atoms with Crippen molar-refractivity contribution in [1.82, 2.24) is 20.2 Å². The van der Waals surface area contributed by atoms with Gasteiger partial charge in [-0.05, 0) is 41.6 Å². The average molecular weight is 383 g/mol. The minimum Gasteiger partial charge on any atom is -0.318 e. The molecule has 3 aromatic rings. The van der Waals surface area contributed by atoms with Crippen molar-refractivity contribution in [3.05, 3.63) is 64.1 Å². The smallest absolute Gasteiger partial charge is 0.215 e. The third kappa shape index (κ3) is 4.12. The summed E-state index contributed by atoms with van der Waals surface area (Å²) in [5.41, 5.74) is 1.35. The fraction of sp³-hybridized carbons (Fsp3) is 0.476. The standard InChI is InChI=1S/C21H27N5S/c1-2-25(16-17-10-5-3-6-11-17)20(19-14-9-15-27-19)21-22-23-24-26(21)18-12-7-4-8-13-18/h3,5-6,9-11,14-15,18,20H,2,4,7-8,12-13,16H2,1H3/p+1/t20-/m1/s1. The van der Waals surface area contributed by atoms with Gasteiger partial charge >= 0.3 is 0 Å². The normalized spacial score (nSPS) is 17.7. The fourth-order valence-corrected chi connectivity index (χ4v) is 5.11. The molecule has 2 heterocycles. The molecule has 27 heavy (non-hydrogen) atoms. The lowest BCUT2D eigenvalue weighted by Crippen LogP contribution is -3.11. The molecule has 6 heteroatoms. The molecule has 0 bridgehead atoms. The predicted molar refractivity (Wildman–Crippen MR) is 108 cm³/mol. The van der Waals surface area contributed by atoms with Crippen molar-refractivity contribution < 1.29 is 4.90 Å². The van der Waals surface area contributed by atoms with Gasteiger partial charge in [0.05, 0.1) is 17.5 Å². The number of thiophene rings is 1. The molecule has 1 aliphatic carbocycles. The molecule has 2 atom stereocenters. The highest BCUT2D eigenvalue weighted by atomic mass is 32.1. The molecule has 0 saturated heterocycles. The summed E-state index contributed by atoms with van der Waals surface area (Å²) in [6.45, 7) is 4.25. The van der Waals surface area contributed by atoms with Gasteiger partial charge in [-0.25, -0.2) is 4.68 Å². The first kappa shape index (κ1) is 18.3. The van der Waals surface area contributed by atoms with Crippen molar-refractivity contribution in [2.75, 3.05) is 6.54 Å². The second-order valence-corrected chi connectivity index (χ2v) is 8.38. The molecule has 142 valence electrons. The minimum atomic E-state index is 0.173.